The number of alkyl halides is 2. The van der Waals surface area contributed by atoms with E-state index in [0.717, 1.165) is 5.56 Å². The van der Waals surface area contributed by atoms with Crippen LogP contribution >= 0.6 is 0 Å². The Morgan fingerprint density at radius 3 is 2.24 bits per heavy atom. The second-order valence-electron chi connectivity index (χ2n) is 5.51. The van der Waals surface area contributed by atoms with Gasteiger partial charge in [0.05, 0.1) is 5.52 Å². The smallest absolute Gasteiger partial charge is 0.265 e. The molecule has 0 aliphatic carbocycles. The number of hydrogen-bond acceptors (Lipinski definition) is 2. The third-order valence-corrected chi connectivity index (χ3v) is 4.00. The molecule has 0 unspecified atom stereocenters. The maximum absolute atomic E-state index is 13.4. The second kappa shape index (κ2) is 6.05. The first-order valence-corrected chi connectivity index (χ1v) is 7.61. The monoisotopic (exact) mass is 339 g/mol. The Balaban J connectivity index is 2.07. The first-order valence-electron chi connectivity index (χ1n) is 7.61. The molecule has 1 aromatic carbocycles. The molecule has 0 saturated carbocycles. The second-order valence-corrected chi connectivity index (χ2v) is 5.51. The molecule has 0 amide bonds. The Morgan fingerprint density at radius 1 is 0.840 bits per heavy atom. The molecule has 25 heavy (non-hydrogen) atoms. The molecule has 0 N–H and O–H groups in total. The van der Waals surface area contributed by atoms with Crippen LogP contribution in [0.1, 0.15) is 12.1 Å². The number of pyridine rings is 2. The molecular weight excluding hydrogens is 327 g/mol. The highest BCUT2D eigenvalue weighted by Crippen LogP contribution is 2.36. The van der Waals surface area contributed by atoms with Crippen LogP contribution in [-0.4, -0.2) is 14.6 Å². The fourth-order valence-corrected chi connectivity index (χ4v) is 2.87. The zero-order valence-corrected chi connectivity index (χ0v) is 12.9. The van der Waals surface area contributed by atoms with Crippen LogP contribution in [0.25, 0.3) is 27.9 Å². The fourth-order valence-electron chi connectivity index (χ4n) is 2.87. The van der Waals surface area contributed by atoms with Gasteiger partial charge in [0, 0.05) is 23.5 Å². The lowest BCUT2D eigenvalue weighted by Crippen LogP contribution is -1.98. The summed E-state index contributed by atoms with van der Waals surface area (Å²) >= 11 is 0. The normalized spacial score (nSPS) is 11.4. The van der Waals surface area contributed by atoms with E-state index in [9.17, 15) is 13.2 Å². The summed E-state index contributed by atoms with van der Waals surface area (Å²) in [5, 5.41) is 4.40. The quantitative estimate of drug-likeness (QED) is 0.517. The molecule has 3 heterocycles. The SMILES string of the molecule is Fc1ccc(-c2nn3c(C(F)F)cccc3c2-c2ccncc2)cc1. The molecule has 3 aromatic heterocycles. The zero-order valence-electron chi connectivity index (χ0n) is 12.9. The fraction of sp³-hybridized carbons (Fsp3) is 0.0526. The summed E-state index contributed by atoms with van der Waals surface area (Å²) in [6.45, 7) is 0. The average molecular weight is 339 g/mol. The van der Waals surface area contributed by atoms with Gasteiger partial charge in [0.2, 0.25) is 0 Å². The molecule has 0 radical (unpaired) electrons. The van der Waals surface area contributed by atoms with Gasteiger partial charge < -0.3 is 0 Å². The van der Waals surface area contributed by atoms with Gasteiger partial charge >= 0.3 is 0 Å². The Labute approximate surface area is 141 Å². The van der Waals surface area contributed by atoms with E-state index in [0.29, 0.717) is 22.3 Å². The molecular formula is C19H12F3N3. The van der Waals surface area contributed by atoms with Crippen molar-refractivity contribution >= 4 is 5.52 Å². The third kappa shape index (κ3) is 2.65. The van der Waals surface area contributed by atoms with Gasteiger partial charge in [-0.3, -0.25) is 4.98 Å². The largest absolute Gasteiger partial charge is 0.280 e. The van der Waals surface area contributed by atoms with Crippen LogP contribution < -0.4 is 0 Å². The number of fused-ring (bicyclic) bond motifs is 1. The number of benzene rings is 1. The molecule has 0 bridgehead atoms. The lowest BCUT2D eigenvalue weighted by molar-refractivity contribution is 0.143. The molecule has 0 atom stereocenters. The first-order chi connectivity index (χ1) is 12.1. The predicted molar refractivity (Wildman–Crippen MR) is 88.8 cm³/mol. The molecule has 6 heteroatoms. The van der Waals surface area contributed by atoms with Gasteiger partial charge in [0.15, 0.2) is 0 Å². The van der Waals surface area contributed by atoms with Gasteiger partial charge in [-0.15, -0.1) is 0 Å². The summed E-state index contributed by atoms with van der Waals surface area (Å²) in [7, 11) is 0. The molecule has 0 fully saturated rings. The van der Waals surface area contributed by atoms with Crippen LogP contribution in [-0.2, 0) is 0 Å². The number of halogens is 3. The predicted octanol–water partition coefficient (Wildman–Crippen LogP) is 5.14. The van der Waals surface area contributed by atoms with Crippen molar-refractivity contribution in [2.75, 3.05) is 0 Å². The van der Waals surface area contributed by atoms with Gasteiger partial charge in [0.25, 0.3) is 6.43 Å². The summed E-state index contributed by atoms with van der Waals surface area (Å²) in [6, 6.07) is 14.1. The molecule has 0 saturated heterocycles. The Hall–Kier alpha value is -3.15. The molecule has 0 aliphatic heterocycles. The minimum absolute atomic E-state index is 0.193. The van der Waals surface area contributed by atoms with Crippen molar-refractivity contribution in [1.29, 1.82) is 0 Å². The summed E-state index contributed by atoms with van der Waals surface area (Å²) in [5.41, 5.74) is 3.04. The minimum atomic E-state index is -2.66. The Bertz CT molecular complexity index is 1030. The van der Waals surface area contributed by atoms with Crippen LogP contribution in [0, 0.1) is 5.82 Å². The summed E-state index contributed by atoms with van der Waals surface area (Å²) in [6.07, 6.45) is 0.601. The van der Waals surface area contributed by atoms with Crippen LogP contribution in [0.5, 0.6) is 0 Å². The van der Waals surface area contributed by atoms with Crippen LogP contribution in [0.2, 0.25) is 0 Å². The van der Waals surface area contributed by atoms with E-state index >= 15 is 0 Å². The number of hydrogen-bond donors (Lipinski definition) is 0. The molecule has 4 aromatic rings. The van der Waals surface area contributed by atoms with E-state index in [4.69, 9.17) is 0 Å². The van der Waals surface area contributed by atoms with Crippen molar-refractivity contribution in [2.45, 2.75) is 6.43 Å². The van der Waals surface area contributed by atoms with E-state index < -0.39 is 6.43 Å². The van der Waals surface area contributed by atoms with Crippen LogP contribution in [0.4, 0.5) is 13.2 Å². The summed E-state index contributed by atoms with van der Waals surface area (Å²) in [5.74, 6) is -0.369. The molecule has 124 valence electrons. The summed E-state index contributed by atoms with van der Waals surface area (Å²) in [4.78, 5) is 4.00. The highest BCUT2D eigenvalue weighted by atomic mass is 19.3. The van der Waals surface area contributed by atoms with E-state index in [1.165, 1.54) is 22.7 Å². The number of rotatable bonds is 3. The summed E-state index contributed by atoms with van der Waals surface area (Å²) < 4.78 is 41.3. The highest BCUT2D eigenvalue weighted by molar-refractivity contribution is 5.92. The van der Waals surface area contributed by atoms with Crippen molar-refractivity contribution in [3.63, 3.8) is 0 Å². The lowest BCUT2D eigenvalue weighted by atomic mass is 10.0. The van der Waals surface area contributed by atoms with E-state index in [-0.39, 0.29) is 11.5 Å². The topological polar surface area (TPSA) is 30.2 Å². The van der Waals surface area contributed by atoms with Gasteiger partial charge in [-0.2, -0.15) is 5.10 Å². The molecule has 3 nitrogen and oxygen atoms in total. The van der Waals surface area contributed by atoms with Gasteiger partial charge in [-0.05, 0) is 54.1 Å². The van der Waals surface area contributed by atoms with E-state index in [1.807, 2.05) is 0 Å². The van der Waals surface area contributed by atoms with Gasteiger partial charge in [-0.1, -0.05) is 6.07 Å². The first kappa shape index (κ1) is 15.4. The Morgan fingerprint density at radius 2 is 1.56 bits per heavy atom. The standard InChI is InChI=1S/C19H12F3N3/c20-14-6-4-13(5-7-14)18-17(12-8-10-23-11-9-12)15-2-1-3-16(19(21)22)25(15)24-18/h1-11,19H. The van der Waals surface area contributed by atoms with Crippen LogP contribution in [0.15, 0.2) is 67.0 Å². The van der Waals surface area contributed by atoms with Crippen molar-refractivity contribution in [1.82, 2.24) is 14.6 Å². The average Bonchev–Trinajstić information content (AvgIpc) is 3.02. The van der Waals surface area contributed by atoms with E-state index in [1.54, 1.807) is 48.8 Å². The third-order valence-electron chi connectivity index (χ3n) is 4.00. The highest BCUT2D eigenvalue weighted by Gasteiger charge is 2.20. The Kier molecular flexibility index (Phi) is 3.72. The lowest BCUT2D eigenvalue weighted by Gasteiger charge is -2.04. The molecule has 0 aliphatic rings. The maximum atomic E-state index is 13.4. The molecule has 0 spiro atoms. The van der Waals surface area contributed by atoms with Crippen molar-refractivity contribution < 1.29 is 13.2 Å². The minimum Gasteiger partial charge on any atom is -0.265 e. The number of aromatic nitrogens is 3. The number of nitrogens with zero attached hydrogens (tertiary/aromatic N) is 3. The van der Waals surface area contributed by atoms with Crippen LogP contribution in [0.3, 0.4) is 0 Å². The van der Waals surface area contributed by atoms with Crippen molar-refractivity contribution in [3.05, 3.63) is 78.5 Å². The van der Waals surface area contributed by atoms with Gasteiger partial charge in [-0.25, -0.2) is 17.7 Å². The zero-order chi connectivity index (χ0) is 17.4. The maximum Gasteiger partial charge on any atom is 0.280 e. The van der Waals surface area contributed by atoms with E-state index in [2.05, 4.69) is 10.1 Å². The molecule has 4 rings (SSSR count). The van der Waals surface area contributed by atoms with Crippen molar-refractivity contribution in [2.24, 2.45) is 0 Å². The van der Waals surface area contributed by atoms with Crippen molar-refractivity contribution in [3.8, 4) is 22.4 Å². The van der Waals surface area contributed by atoms with Gasteiger partial charge in [0.1, 0.15) is 17.2 Å².